The van der Waals surface area contributed by atoms with Gasteiger partial charge < -0.3 is 4.90 Å². The average Bonchev–Trinajstić information content (AvgIpc) is 3.06. The molecule has 4 rings (SSSR count). The molecule has 8 nitrogen and oxygen atoms in total. The van der Waals surface area contributed by atoms with Crippen molar-refractivity contribution >= 4 is 37.5 Å². The van der Waals surface area contributed by atoms with Gasteiger partial charge in [-0.1, -0.05) is 0 Å². The van der Waals surface area contributed by atoms with Gasteiger partial charge in [0.15, 0.2) is 11.6 Å². The van der Waals surface area contributed by atoms with Gasteiger partial charge in [-0.2, -0.15) is 4.31 Å². The highest BCUT2D eigenvalue weighted by molar-refractivity contribution is 7.89. The second-order valence-corrected chi connectivity index (χ2v) is 10.6. The number of fused-ring (bicyclic) bond motifs is 1. The van der Waals surface area contributed by atoms with Gasteiger partial charge in [0.05, 0.1) is 16.6 Å². The summed E-state index contributed by atoms with van der Waals surface area (Å²) in [6, 6.07) is 2.42. The van der Waals surface area contributed by atoms with E-state index in [0.717, 1.165) is 26.9 Å². The lowest BCUT2D eigenvalue weighted by Gasteiger charge is -2.34. The minimum atomic E-state index is -4.02. The fraction of sp³-hybridized carbons (Fsp3) is 0.350. The summed E-state index contributed by atoms with van der Waals surface area (Å²) in [4.78, 5) is 32.6. The molecule has 2 aromatic heterocycles. The molecular weight excluding hydrogens is 462 g/mol. The highest BCUT2D eigenvalue weighted by Crippen LogP contribution is 2.25. The Morgan fingerprint density at radius 2 is 1.81 bits per heavy atom. The topological polar surface area (TPSA) is 92.6 Å². The van der Waals surface area contributed by atoms with E-state index in [1.807, 2.05) is 13.8 Å². The maximum absolute atomic E-state index is 13.5. The minimum absolute atomic E-state index is 0.00207. The van der Waals surface area contributed by atoms with E-state index in [1.54, 1.807) is 0 Å². The van der Waals surface area contributed by atoms with Crippen molar-refractivity contribution in [2.45, 2.75) is 25.3 Å². The Morgan fingerprint density at radius 3 is 2.47 bits per heavy atom. The molecule has 0 aliphatic carbocycles. The van der Waals surface area contributed by atoms with Crippen LogP contribution in [0.15, 0.2) is 34.2 Å². The molecule has 12 heteroatoms. The van der Waals surface area contributed by atoms with Gasteiger partial charge in [0.1, 0.15) is 11.4 Å². The molecule has 1 saturated heterocycles. The summed E-state index contributed by atoms with van der Waals surface area (Å²) < 4.78 is 54.4. The van der Waals surface area contributed by atoms with E-state index in [0.29, 0.717) is 16.3 Å². The molecule has 0 unspecified atom stereocenters. The smallest absolute Gasteiger partial charge is 0.262 e. The van der Waals surface area contributed by atoms with Crippen LogP contribution in [0, 0.1) is 25.5 Å². The Bertz CT molecular complexity index is 1380. The first-order valence-electron chi connectivity index (χ1n) is 9.77. The van der Waals surface area contributed by atoms with E-state index in [2.05, 4.69) is 4.98 Å². The number of piperazine rings is 1. The van der Waals surface area contributed by atoms with Crippen molar-refractivity contribution in [3.05, 3.63) is 57.0 Å². The van der Waals surface area contributed by atoms with E-state index in [1.165, 1.54) is 27.1 Å². The molecule has 3 heterocycles. The van der Waals surface area contributed by atoms with Gasteiger partial charge in [0.2, 0.25) is 15.9 Å². The molecular formula is C20H20F2N4O4S2. The van der Waals surface area contributed by atoms with Crippen molar-refractivity contribution in [2.24, 2.45) is 0 Å². The lowest BCUT2D eigenvalue weighted by Crippen LogP contribution is -2.51. The van der Waals surface area contributed by atoms with E-state index in [9.17, 15) is 26.8 Å². The van der Waals surface area contributed by atoms with E-state index < -0.39 is 21.7 Å². The van der Waals surface area contributed by atoms with Crippen LogP contribution in [-0.2, 0) is 21.4 Å². The number of thiophene rings is 1. The molecule has 1 amide bonds. The van der Waals surface area contributed by atoms with Gasteiger partial charge in [-0.3, -0.25) is 14.2 Å². The Kier molecular flexibility index (Phi) is 5.86. The lowest BCUT2D eigenvalue weighted by atomic mass is 10.2. The van der Waals surface area contributed by atoms with Gasteiger partial charge in [-0.25, -0.2) is 22.2 Å². The molecule has 0 bridgehead atoms. The highest BCUT2D eigenvalue weighted by Gasteiger charge is 2.31. The number of carbonyl (C=O) groups excluding carboxylic acids is 1. The normalized spacial score (nSPS) is 15.4. The third kappa shape index (κ3) is 3.93. The van der Waals surface area contributed by atoms with Crippen LogP contribution in [0.5, 0.6) is 0 Å². The fourth-order valence-corrected chi connectivity index (χ4v) is 6.01. The quantitative estimate of drug-likeness (QED) is 0.566. The Hall–Kier alpha value is -2.70. The number of halogens is 2. The summed E-state index contributed by atoms with van der Waals surface area (Å²) in [5.74, 6) is -2.70. The van der Waals surface area contributed by atoms with Crippen LogP contribution in [0.4, 0.5) is 8.78 Å². The van der Waals surface area contributed by atoms with Gasteiger partial charge in [-0.15, -0.1) is 11.3 Å². The molecule has 170 valence electrons. The molecule has 1 aromatic carbocycles. The molecule has 0 saturated carbocycles. The lowest BCUT2D eigenvalue weighted by molar-refractivity contribution is -0.133. The summed E-state index contributed by atoms with van der Waals surface area (Å²) >= 11 is 1.42. The third-order valence-electron chi connectivity index (χ3n) is 5.58. The summed E-state index contributed by atoms with van der Waals surface area (Å²) in [5, 5.41) is 0.505. The number of benzene rings is 1. The number of carbonyl (C=O) groups is 1. The van der Waals surface area contributed by atoms with Crippen LogP contribution < -0.4 is 5.56 Å². The second-order valence-electron chi connectivity index (χ2n) is 7.50. The number of sulfonamides is 1. The molecule has 0 N–H and O–H groups in total. The second kappa shape index (κ2) is 8.34. The van der Waals surface area contributed by atoms with Crippen LogP contribution in [0.3, 0.4) is 0 Å². The van der Waals surface area contributed by atoms with Crippen LogP contribution in [0.2, 0.25) is 0 Å². The standard InChI is InChI=1S/C20H20F2N4O4S2/c1-12-13(2)31-19-18(12)20(28)25(11-23-19)10-17(27)24-5-7-26(8-6-24)32(29,30)14-3-4-15(21)16(22)9-14/h3-4,9,11H,5-8,10H2,1-2H3. The van der Waals surface area contributed by atoms with Crippen molar-refractivity contribution in [3.63, 3.8) is 0 Å². The van der Waals surface area contributed by atoms with Gasteiger partial charge in [0, 0.05) is 31.1 Å². The zero-order valence-corrected chi connectivity index (χ0v) is 19.0. The van der Waals surface area contributed by atoms with Crippen LogP contribution in [0.1, 0.15) is 10.4 Å². The monoisotopic (exact) mass is 482 g/mol. The van der Waals surface area contributed by atoms with Crippen molar-refractivity contribution in [2.75, 3.05) is 26.2 Å². The van der Waals surface area contributed by atoms with E-state index in [4.69, 9.17) is 0 Å². The molecule has 0 atom stereocenters. The zero-order chi connectivity index (χ0) is 23.2. The number of amides is 1. The van der Waals surface area contributed by atoms with Crippen LogP contribution in [-0.4, -0.2) is 59.3 Å². The maximum Gasteiger partial charge on any atom is 0.262 e. The van der Waals surface area contributed by atoms with Gasteiger partial charge >= 0.3 is 0 Å². The van der Waals surface area contributed by atoms with E-state index in [-0.39, 0.29) is 49.1 Å². The predicted octanol–water partition coefficient (Wildman–Crippen LogP) is 1.89. The first-order chi connectivity index (χ1) is 15.1. The molecule has 1 aliphatic heterocycles. The zero-order valence-electron chi connectivity index (χ0n) is 17.3. The van der Waals surface area contributed by atoms with E-state index >= 15 is 0 Å². The minimum Gasteiger partial charge on any atom is -0.338 e. The summed E-state index contributed by atoms with van der Waals surface area (Å²) in [5.41, 5.74) is 0.560. The fourth-order valence-electron chi connectivity index (χ4n) is 3.59. The van der Waals surface area contributed by atoms with Crippen molar-refractivity contribution in [1.82, 2.24) is 18.8 Å². The Balaban J connectivity index is 1.45. The highest BCUT2D eigenvalue weighted by atomic mass is 32.2. The maximum atomic E-state index is 13.5. The molecule has 1 fully saturated rings. The number of aromatic nitrogens is 2. The SMILES string of the molecule is Cc1sc2ncn(CC(=O)N3CCN(S(=O)(=O)c4ccc(F)c(F)c4)CC3)c(=O)c2c1C. The molecule has 32 heavy (non-hydrogen) atoms. The number of hydrogen-bond donors (Lipinski definition) is 0. The number of nitrogens with zero attached hydrogens (tertiary/aromatic N) is 4. The van der Waals surface area contributed by atoms with Gasteiger partial charge in [0.25, 0.3) is 5.56 Å². The van der Waals surface area contributed by atoms with Gasteiger partial charge in [-0.05, 0) is 37.6 Å². The van der Waals surface area contributed by atoms with Crippen molar-refractivity contribution in [1.29, 1.82) is 0 Å². The number of rotatable bonds is 4. The van der Waals surface area contributed by atoms with Crippen molar-refractivity contribution < 1.29 is 22.0 Å². The molecule has 3 aromatic rings. The molecule has 0 radical (unpaired) electrons. The first kappa shape index (κ1) is 22.5. The summed E-state index contributed by atoms with van der Waals surface area (Å²) in [6.07, 6.45) is 1.35. The number of aryl methyl sites for hydroxylation is 2. The largest absolute Gasteiger partial charge is 0.338 e. The Morgan fingerprint density at radius 1 is 1.12 bits per heavy atom. The van der Waals surface area contributed by atoms with Crippen LogP contribution in [0.25, 0.3) is 10.2 Å². The predicted molar refractivity (Wildman–Crippen MR) is 115 cm³/mol. The van der Waals surface area contributed by atoms with Crippen molar-refractivity contribution in [3.8, 4) is 0 Å². The van der Waals surface area contributed by atoms with Crippen LogP contribution >= 0.6 is 11.3 Å². The molecule has 1 aliphatic rings. The summed E-state index contributed by atoms with van der Waals surface area (Å²) in [6.45, 7) is 3.78. The summed E-state index contributed by atoms with van der Waals surface area (Å²) in [7, 11) is -4.02. The molecule has 0 spiro atoms. The number of hydrogen-bond acceptors (Lipinski definition) is 6. The first-order valence-corrected chi connectivity index (χ1v) is 12.0. The third-order valence-corrected chi connectivity index (χ3v) is 8.59. The average molecular weight is 483 g/mol. The Labute approximate surface area is 186 Å².